The summed E-state index contributed by atoms with van der Waals surface area (Å²) in [6.45, 7) is 0.467. The van der Waals surface area contributed by atoms with Gasteiger partial charge in [-0.15, -0.1) is 11.3 Å². The van der Waals surface area contributed by atoms with Gasteiger partial charge >= 0.3 is 0 Å². The molecule has 0 bridgehead atoms. The lowest BCUT2D eigenvalue weighted by Crippen LogP contribution is -2.23. The molecule has 27 heavy (non-hydrogen) atoms. The summed E-state index contributed by atoms with van der Waals surface area (Å²) in [6, 6.07) is 20.0. The minimum atomic E-state index is -0.280. The molecule has 0 fully saturated rings. The number of carbonyl (C=O) groups is 1. The zero-order valence-electron chi connectivity index (χ0n) is 14.4. The van der Waals surface area contributed by atoms with Crippen LogP contribution in [0.15, 0.2) is 84.5 Å². The van der Waals surface area contributed by atoms with Crippen molar-refractivity contribution in [2.24, 2.45) is 0 Å². The number of nitrogens with zero attached hydrogens (tertiary/aromatic N) is 1. The number of benzene rings is 2. The maximum atomic E-state index is 13.3. The fourth-order valence-electron chi connectivity index (χ4n) is 2.95. The van der Waals surface area contributed by atoms with Gasteiger partial charge in [-0.25, -0.2) is 4.39 Å². The van der Waals surface area contributed by atoms with Crippen molar-refractivity contribution in [3.63, 3.8) is 0 Å². The van der Waals surface area contributed by atoms with Crippen molar-refractivity contribution in [1.82, 2.24) is 9.88 Å². The van der Waals surface area contributed by atoms with Gasteiger partial charge < -0.3 is 9.88 Å². The summed E-state index contributed by atoms with van der Waals surface area (Å²) in [5, 5.41) is 4.93. The first-order chi connectivity index (χ1) is 13.2. The van der Waals surface area contributed by atoms with Crippen molar-refractivity contribution in [2.45, 2.75) is 6.54 Å². The first kappa shape index (κ1) is 17.2. The van der Waals surface area contributed by atoms with E-state index in [0.717, 1.165) is 22.4 Å². The van der Waals surface area contributed by atoms with Crippen molar-refractivity contribution in [3.8, 4) is 16.8 Å². The van der Waals surface area contributed by atoms with Gasteiger partial charge in [0.2, 0.25) is 0 Å². The van der Waals surface area contributed by atoms with Crippen LogP contribution >= 0.6 is 11.3 Å². The average Bonchev–Trinajstić information content (AvgIpc) is 3.37. The van der Waals surface area contributed by atoms with Gasteiger partial charge in [-0.3, -0.25) is 4.79 Å². The Hall–Kier alpha value is -3.18. The second-order valence-corrected chi connectivity index (χ2v) is 6.97. The van der Waals surface area contributed by atoms with E-state index in [1.165, 1.54) is 23.5 Å². The number of rotatable bonds is 5. The maximum Gasteiger partial charge on any atom is 0.263 e. The third kappa shape index (κ3) is 3.68. The summed E-state index contributed by atoms with van der Waals surface area (Å²) < 4.78 is 15.2. The lowest BCUT2D eigenvalue weighted by Gasteiger charge is -2.10. The van der Waals surface area contributed by atoms with E-state index in [0.29, 0.717) is 11.4 Å². The van der Waals surface area contributed by atoms with Crippen LogP contribution in [0.2, 0.25) is 0 Å². The molecule has 2 heterocycles. The highest BCUT2D eigenvalue weighted by Crippen LogP contribution is 2.35. The second-order valence-electron chi connectivity index (χ2n) is 6.09. The van der Waals surface area contributed by atoms with E-state index in [1.807, 2.05) is 64.8 Å². The number of thiophene rings is 1. The zero-order chi connectivity index (χ0) is 18.6. The lowest BCUT2D eigenvalue weighted by atomic mass is 10.1. The Morgan fingerprint density at radius 1 is 0.963 bits per heavy atom. The molecule has 0 atom stereocenters. The van der Waals surface area contributed by atoms with E-state index in [9.17, 15) is 9.18 Å². The predicted molar refractivity (Wildman–Crippen MR) is 107 cm³/mol. The van der Waals surface area contributed by atoms with Gasteiger partial charge in [0, 0.05) is 29.9 Å². The molecule has 0 aliphatic rings. The van der Waals surface area contributed by atoms with Crippen molar-refractivity contribution < 1.29 is 9.18 Å². The summed E-state index contributed by atoms with van der Waals surface area (Å²) in [5.41, 5.74) is 3.63. The van der Waals surface area contributed by atoms with Crippen LogP contribution in [0.4, 0.5) is 4.39 Å². The molecule has 1 amide bonds. The summed E-state index contributed by atoms with van der Waals surface area (Å²) >= 11 is 1.39. The van der Waals surface area contributed by atoms with Crippen LogP contribution in [0.1, 0.15) is 15.2 Å². The third-order valence-electron chi connectivity index (χ3n) is 4.28. The van der Waals surface area contributed by atoms with Crippen LogP contribution in [0.25, 0.3) is 16.8 Å². The standard InChI is InChI=1S/C22H17FN2OS/c23-18-10-8-17(9-11-18)19-15-27-21(20(19)25-12-4-5-13-25)22(26)24-14-16-6-2-1-3-7-16/h1-13,15H,14H2,(H,24,26). The Labute approximate surface area is 160 Å². The summed E-state index contributed by atoms with van der Waals surface area (Å²) in [4.78, 5) is 13.5. The summed E-state index contributed by atoms with van der Waals surface area (Å²) in [7, 11) is 0. The van der Waals surface area contributed by atoms with Crippen molar-refractivity contribution >= 4 is 17.2 Å². The number of hydrogen-bond donors (Lipinski definition) is 1. The third-order valence-corrected chi connectivity index (χ3v) is 5.25. The lowest BCUT2D eigenvalue weighted by molar-refractivity contribution is 0.0955. The van der Waals surface area contributed by atoms with Gasteiger partial charge in [0.1, 0.15) is 10.7 Å². The Bertz CT molecular complexity index is 1040. The smallest absolute Gasteiger partial charge is 0.263 e. The minimum Gasteiger partial charge on any atom is -0.347 e. The molecule has 2 aromatic heterocycles. The molecular formula is C22H17FN2OS. The summed E-state index contributed by atoms with van der Waals surface area (Å²) in [5.74, 6) is -0.404. The van der Waals surface area contributed by atoms with E-state index in [1.54, 1.807) is 12.1 Å². The zero-order valence-corrected chi connectivity index (χ0v) is 15.2. The molecule has 4 rings (SSSR count). The van der Waals surface area contributed by atoms with Crippen molar-refractivity contribution in [3.05, 3.63) is 101 Å². The second kappa shape index (κ2) is 7.60. The largest absolute Gasteiger partial charge is 0.347 e. The number of carbonyl (C=O) groups excluding carboxylic acids is 1. The highest BCUT2D eigenvalue weighted by Gasteiger charge is 2.20. The highest BCUT2D eigenvalue weighted by atomic mass is 32.1. The van der Waals surface area contributed by atoms with Crippen LogP contribution in [-0.2, 0) is 6.54 Å². The Morgan fingerprint density at radius 3 is 2.37 bits per heavy atom. The van der Waals surface area contributed by atoms with Gasteiger partial charge in [-0.2, -0.15) is 0 Å². The molecule has 2 aromatic carbocycles. The SMILES string of the molecule is O=C(NCc1ccccc1)c1scc(-c2ccc(F)cc2)c1-n1cccc1. The molecule has 3 nitrogen and oxygen atoms in total. The van der Waals surface area contributed by atoms with E-state index in [-0.39, 0.29) is 11.7 Å². The van der Waals surface area contributed by atoms with E-state index >= 15 is 0 Å². The Balaban J connectivity index is 1.68. The molecule has 0 aliphatic carbocycles. The molecule has 0 saturated carbocycles. The van der Waals surface area contributed by atoms with Gasteiger partial charge in [0.15, 0.2) is 0 Å². The Morgan fingerprint density at radius 2 is 1.67 bits per heavy atom. The van der Waals surface area contributed by atoms with E-state index in [4.69, 9.17) is 0 Å². The molecule has 5 heteroatoms. The highest BCUT2D eigenvalue weighted by molar-refractivity contribution is 7.13. The Kier molecular flexibility index (Phi) is 4.85. The van der Waals surface area contributed by atoms with Gasteiger partial charge in [0.25, 0.3) is 5.91 Å². The normalized spacial score (nSPS) is 10.7. The molecule has 4 aromatic rings. The molecule has 0 unspecified atom stereocenters. The number of halogens is 1. The monoisotopic (exact) mass is 376 g/mol. The molecule has 0 aliphatic heterocycles. The van der Waals surface area contributed by atoms with E-state index in [2.05, 4.69) is 5.32 Å². The van der Waals surface area contributed by atoms with Crippen LogP contribution in [0.3, 0.4) is 0 Å². The average molecular weight is 376 g/mol. The van der Waals surface area contributed by atoms with Crippen LogP contribution in [-0.4, -0.2) is 10.5 Å². The fourth-order valence-corrected chi connectivity index (χ4v) is 3.94. The van der Waals surface area contributed by atoms with Gasteiger partial charge in [-0.05, 0) is 35.4 Å². The molecule has 0 radical (unpaired) electrons. The first-order valence-corrected chi connectivity index (χ1v) is 9.43. The van der Waals surface area contributed by atoms with Crippen LogP contribution in [0.5, 0.6) is 0 Å². The van der Waals surface area contributed by atoms with E-state index < -0.39 is 0 Å². The molecule has 134 valence electrons. The molecule has 0 spiro atoms. The molecule has 1 N–H and O–H groups in total. The van der Waals surface area contributed by atoms with Crippen LogP contribution in [0, 0.1) is 5.82 Å². The van der Waals surface area contributed by atoms with Gasteiger partial charge in [0.05, 0.1) is 5.69 Å². The number of nitrogens with one attached hydrogen (secondary N) is 1. The molecular weight excluding hydrogens is 359 g/mol. The first-order valence-electron chi connectivity index (χ1n) is 8.55. The minimum absolute atomic E-state index is 0.124. The summed E-state index contributed by atoms with van der Waals surface area (Å²) in [6.07, 6.45) is 3.81. The maximum absolute atomic E-state index is 13.3. The quantitative estimate of drug-likeness (QED) is 0.505. The topological polar surface area (TPSA) is 34.0 Å². The number of amides is 1. The molecule has 0 saturated heterocycles. The number of hydrogen-bond acceptors (Lipinski definition) is 2. The fraction of sp³-hybridized carbons (Fsp3) is 0.0455. The van der Waals surface area contributed by atoms with Crippen molar-refractivity contribution in [2.75, 3.05) is 0 Å². The van der Waals surface area contributed by atoms with Crippen molar-refractivity contribution in [1.29, 1.82) is 0 Å². The number of aromatic nitrogens is 1. The van der Waals surface area contributed by atoms with Gasteiger partial charge in [-0.1, -0.05) is 42.5 Å². The predicted octanol–water partition coefficient (Wildman–Crippen LogP) is 5.27. The van der Waals surface area contributed by atoms with Crippen LogP contribution < -0.4 is 5.32 Å².